The summed E-state index contributed by atoms with van der Waals surface area (Å²) in [5.74, 6) is -0.496. The van der Waals surface area contributed by atoms with Crippen molar-refractivity contribution in [2.24, 2.45) is 5.73 Å². The lowest BCUT2D eigenvalue weighted by molar-refractivity contribution is 0.100. The van der Waals surface area contributed by atoms with Crippen LogP contribution in [0.25, 0.3) is 22.0 Å². The molecule has 0 radical (unpaired) electrons. The second kappa shape index (κ2) is 7.37. The van der Waals surface area contributed by atoms with Gasteiger partial charge in [0.15, 0.2) is 0 Å². The summed E-state index contributed by atoms with van der Waals surface area (Å²) in [5.41, 5.74) is 16.9. The SMILES string of the molecule is NC(=O)c1ccc(C(S)c2ccc3ccccc3n2)cc1-c1ccccc1N. The number of primary amides is 1. The lowest BCUT2D eigenvalue weighted by Gasteiger charge is -2.16. The van der Waals surface area contributed by atoms with Gasteiger partial charge in [0, 0.05) is 22.2 Å². The smallest absolute Gasteiger partial charge is 0.249 e. The van der Waals surface area contributed by atoms with Gasteiger partial charge in [0.1, 0.15) is 0 Å². The summed E-state index contributed by atoms with van der Waals surface area (Å²) in [7, 11) is 0. The van der Waals surface area contributed by atoms with Crippen LogP contribution in [0.2, 0.25) is 0 Å². The summed E-state index contributed by atoms with van der Waals surface area (Å²) >= 11 is 4.80. The summed E-state index contributed by atoms with van der Waals surface area (Å²) < 4.78 is 0. The van der Waals surface area contributed by atoms with E-state index < -0.39 is 5.91 Å². The van der Waals surface area contributed by atoms with Crippen LogP contribution in [0.4, 0.5) is 5.69 Å². The minimum atomic E-state index is -0.496. The third-order valence-electron chi connectivity index (χ3n) is 4.78. The van der Waals surface area contributed by atoms with E-state index in [-0.39, 0.29) is 5.25 Å². The predicted octanol–water partition coefficient (Wildman–Crippen LogP) is 4.60. The van der Waals surface area contributed by atoms with Gasteiger partial charge in [0.05, 0.1) is 16.5 Å². The highest BCUT2D eigenvalue weighted by molar-refractivity contribution is 7.80. The number of hydrogen-bond acceptors (Lipinski definition) is 4. The Bertz CT molecular complexity index is 1190. The zero-order valence-electron chi connectivity index (χ0n) is 15.0. The van der Waals surface area contributed by atoms with Gasteiger partial charge in [-0.3, -0.25) is 9.78 Å². The molecule has 4 aromatic rings. The Morgan fingerprint density at radius 2 is 1.64 bits per heavy atom. The van der Waals surface area contributed by atoms with Crippen LogP contribution >= 0.6 is 12.6 Å². The summed E-state index contributed by atoms with van der Waals surface area (Å²) in [6.07, 6.45) is 0. The minimum absolute atomic E-state index is 0.254. The summed E-state index contributed by atoms with van der Waals surface area (Å²) in [6.45, 7) is 0. The lowest BCUT2D eigenvalue weighted by atomic mass is 9.94. The van der Waals surface area contributed by atoms with Crippen LogP contribution in [-0.2, 0) is 0 Å². The zero-order valence-corrected chi connectivity index (χ0v) is 15.9. The first-order chi connectivity index (χ1) is 13.5. The Morgan fingerprint density at radius 1 is 0.893 bits per heavy atom. The Balaban J connectivity index is 1.82. The number of carbonyl (C=O) groups excluding carboxylic acids is 1. The zero-order chi connectivity index (χ0) is 19.7. The van der Waals surface area contributed by atoms with Crippen LogP contribution in [0.3, 0.4) is 0 Å². The topological polar surface area (TPSA) is 82.0 Å². The van der Waals surface area contributed by atoms with Crippen molar-refractivity contribution in [2.75, 3.05) is 5.73 Å². The molecule has 4 nitrogen and oxygen atoms in total. The van der Waals surface area contributed by atoms with Crippen molar-refractivity contribution < 1.29 is 4.79 Å². The van der Waals surface area contributed by atoms with Gasteiger partial charge < -0.3 is 11.5 Å². The minimum Gasteiger partial charge on any atom is -0.398 e. The summed E-state index contributed by atoms with van der Waals surface area (Å²) in [6, 6.07) is 24.9. The Kier molecular flexibility index (Phi) is 4.75. The average molecular weight is 385 g/mol. The molecule has 1 aromatic heterocycles. The van der Waals surface area contributed by atoms with Gasteiger partial charge in [0.25, 0.3) is 0 Å². The monoisotopic (exact) mass is 385 g/mol. The van der Waals surface area contributed by atoms with Gasteiger partial charge in [-0.2, -0.15) is 12.6 Å². The molecule has 0 bridgehead atoms. The van der Waals surface area contributed by atoms with E-state index in [1.165, 1.54) is 0 Å². The van der Waals surface area contributed by atoms with Crippen molar-refractivity contribution in [3.8, 4) is 11.1 Å². The van der Waals surface area contributed by atoms with Crippen molar-refractivity contribution in [3.05, 3.63) is 95.7 Å². The molecule has 0 aliphatic carbocycles. The van der Waals surface area contributed by atoms with Crippen molar-refractivity contribution in [2.45, 2.75) is 5.25 Å². The van der Waals surface area contributed by atoms with Crippen molar-refractivity contribution in [3.63, 3.8) is 0 Å². The highest BCUT2D eigenvalue weighted by atomic mass is 32.1. The van der Waals surface area contributed by atoms with Gasteiger partial charge in [0.2, 0.25) is 5.91 Å². The van der Waals surface area contributed by atoms with Crippen LogP contribution in [0.15, 0.2) is 78.9 Å². The quantitative estimate of drug-likeness (QED) is 0.355. The first kappa shape index (κ1) is 18.1. The molecule has 1 amide bonds. The van der Waals surface area contributed by atoms with Crippen molar-refractivity contribution >= 4 is 35.1 Å². The lowest BCUT2D eigenvalue weighted by Crippen LogP contribution is -2.13. The number of rotatable bonds is 4. The van der Waals surface area contributed by atoms with Crippen LogP contribution in [0.5, 0.6) is 0 Å². The Labute approximate surface area is 168 Å². The van der Waals surface area contributed by atoms with E-state index in [9.17, 15) is 4.79 Å². The third-order valence-corrected chi connectivity index (χ3v) is 5.34. The number of nitrogens with two attached hydrogens (primary N) is 2. The molecule has 138 valence electrons. The molecule has 4 rings (SSSR count). The molecule has 0 spiro atoms. The van der Waals surface area contributed by atoms with Crippen LogP contribution < -0.4 is 11.5 Å². The number of aromatic nitrogens is 1. The molecule has 4 N–H and O–H groups in total. The number of carbonyl (C=O) groups is 1. The Morgan fingerprint density at radius 3 is 2.43 bits per heavy atom. The largest absolute Gasteiger partial charge is 0.398 e. The number of para-hydroxylation sites is 2. The van der Waals surface area contributed by atoms with Gasteiger partial charge in [-0.15, -0.1) is 0 Å². The number of fused-ring (bicyclic) bond motifs is 1. The van der Waals surface area contributed by atoms with E-state index in [0.29, 0.717) is 16.8 Å². The summed E-state index contributed by atoms with van der Waals surface area (Å²) in [5, 5.41) is 0.823. The normalized spacial score (nSPS) is 12.0. The molecule has 5 heteroatoms. The van der Waals surface area contributed by atoms with Crippen molar-refractivity contribution in [1.82, 2.24) is 4.98 Å². The van der Waals surface area contributed by atoms with Gasteiger partial charge in [-0.05, 0) is 41.5 Å². The van der Waals surface area contributed by atoms with Crippen LogP contribution in [0, 0.1) is 0 Å². The number of amides is 1. The molecule has 28 heavy (non-hydrogen) atoms. The maximum absolute atomic E-state index is 12.0. The molecule has 1 unspecified atom stereocenters. The molecule has 0 fully saturated rings. The van der Waals surface area contributed by atoms with Crippen molar-refractivity contribution in [1.29, 1.82) is 0 Å². The summed E-state index contributed by atoms with van der Waals surface area (Å²) in [4.78, 5) is 16.7. The molecule has 0 aliphatic heterocycles. The number of nitrogens with zero attached hydrogens (tertiary/aromatic N) is 1. The highest BCUT2D eigenvalue weighted by Crippen LogP contribution is 2.35. The fraction of sp³-hybridized carbons (Fsp3) is 0.0435. The molecule has 0 aliphatic rings. The first-order valence-corrected chi connectivity index (χ1v) is 9.38. The van der Waals surface area contributed by atoms with E-state index in [1.54, 1.807) is 12.1 Å². The highest BCUT2D eigenvalue weighted by Gasteiger charge is 2.17. The number of hydrogen-bond donors (Lipinski definition) is 3. The number of nitrogen functional groups attached to an aromatic ring is 1. The number of pyridine rings is 1. The van der Waals surface area contributed by atoms with Gasteiger partial charge in [-0.1, -0.05) is 48.5 Å². The van der Waals surface area contributed by atoms with E-state index in [4.69, 9.17) is 29.1 Å². The van der Waals surface area contributed by atoms with Crippen LogP contribution in [-0.4, -0.2) is 10.9 Å². The van der Waals surface area contributed by atoms with Gasteiger partial charge >= 0.3 is 0 Å². The maximum Gasteiger partial charge on any atom is 0.249 e. The first-order valence-electron chi connectivity index (χ1n) is 8.87. The average Bonchev–Trinajstić information content (AvgIpc) is 2.72. The Hall–Kier alpha value is -3.31. The standard InChI is InChI=1S/C23H19N3OS/c24-19-7-3-2-6-16(19)18-13-15(9-11-17(18)23(25)27)22(28)21-12-10-14-5-1-4-8-20(14)26-21/h1-13,22,28H,24H2,(H2,25,27). The van der Waals surface area contributed by atoms with Crippen LogP contribution in [0.1, 0.15) is 26.9 Å². The fourth-order valence-electron chi connectivity index (χ4n) is 3.32. The molecular formula is C23H19N3OS. The number of thiol groups is 1. The molecule has 3 aromatic carbocycles. The molecule has 1 atom stereocenters. The second-order valence-electron chi connectivity index (χ2n) is 6.59. The maximum atomic E-state index is 12.0. The number of benzene rings is 3. The molecule has 0 saturated heterocycles. The van der Waals surface area contributed by atoms with E-state index in [2.05, 4.69) is 0 Å². The molecular weight excluding hydrogens is 366 g/mol. The molecule has 1 heterocycles. The second-order valence-corrected chi connectivity index (χ2v) is 7.10. The third kappa shape index (κ3) is 3.32. The molecule has 0 saturated carbocycles. The predicted molar refractivity (Wildman–Crippen MR) is 117 cm³/mol. The van der Waals surface area contributed by atoms with E-state index in [1.807, 2.05) is 66.7 Å². The van der Waals surface area contributed by atoms with E-state index in [0.717, 1.165) is 27.7 Å². The number of anilines is 1. The fourth-order valence-corrected chi connectivity index (χ4v) is 3.62. The van der Waals surface area contributed by atoms with Gasteiger partial charge in [-0.25, -0.2) is 0 Å². The van der Waals surface area contributed by atoms with E-state index >= 15 is 0 Å².